The van der Waals surface area contributed by atoms with Gasteiger partial charge < -0.3 is 0 Å². The molecule has 0 atom stereocenters. The van der Waals surface area contributed by atoms with Crippen LogP contribution in [0.4, 0.5) is 0 Å². The van der Waals surface area contributed by atoms with Gasteiger partial charge >= 0.3 is 0 Å². The molecule has 0 saturated carbocycles. The molecule has 3 nitrogen and oxygen atoms in total. The highest BCUT2D eigenvalue weighted by atomic mass is 16.2. The van der Waals surface area contributed by atoms with Crippen molar-refractivity contribution < 1.29 is 9.59 Å². The van der Waals surface area contributed by atoms with Crippen LogP contribution < -0.4 is 10.8 Å². The van der Waals surface area contributed by atoms with Crippen LogP contribution in [0.1, 0.15) is 20.7 Å². The van der Waals surface area contributed by atoms with Gasteiger partial charge in [0.25, 0.3) is 11.8 Å². The Morgan fingerprint density at radius 2 is 1.75 bits per heavy atom. The molecular formula is C8H6BNO2. The zero-order valence-corrected chi connectivity index (χ0v) is 6.55. The number of fused-ring (bicyclic) bond motifs is 1. The minimum absolute atomic E-state index is 0.293. The Morgan fingerprint density at radius 1 is 1.08 bits per heavy atom. The third-order valence-electron chi connectivity index (χ3n) is 1.89. The van der Waals surface area contributed by atoms with E-state index in [1.807, 2.05) is 13.9 Å². The Labute approximate surface area is 70.2 Å². The number of amides is 2. The van der Waals surface area contributed by atoms with Crippen LogP contribution in [0, 0.1) is 0 Å². The van der Waals surface area contributed by atoms with Gasteiger partial charge in [-0.15, -0.1) is 0 Å². The van der Waals surface area contributed by atoms with Crippen LogP contribution in [-0.2, 0) is 0 Å². The van der Waals surface area contributed by atoms with E-state index in [1.165, 1.54) is 0 Å². The van der Waals surface area contributed by atoms with Gasteiger partial charge in [0.15, 0.2) is 0 Å². The quantitative estimate of drug-likeness (QED) is 0.383. The van der Waals surface area contributed by atoms with Crippen molar-refractivity contribution in [2.75, 3.05) is 0 Å². The summed E-state index contributed by atoms with van der Waals surface area (Å²) >= 11 is 0. The largest absolute Gasteiger partial charge is 0.288 e. The Balaban J connectivity index is 2.68. The molecule has 58 valence electrons. The molecule has 0 bridgehead atoms. The summed E-state index contributed by atoms with van der Waals surface area (Å²) in [6.07, 6.45) is 0. The highest BCUT2D eigenvalue weighted by Crippen LogP contribution is 2.12. The van der Waals surface area contributed by atoms with E-state index in [9.17, 15) is 9.59 Å². The third-order valence-corrected chi connectivity index (χ3v) is 1.89. The summed E-state index contributed by atoms with van der Waals surface area (Å²) in [7, 11) is 1.89. The third kappa shape index (κ3) is 0.846. The second-order valence-corrected chi connectivity index (χ2v) is 2.83. The van der Waals surface area contributed by atoms with E-state index in [4.69, 9.17) is 0 Å². The molecule has 0 aromatic heterocycles. The van der Waals surface area contributed by atoms with Crippen molar-refractivity contribution in [3.8, 4) is 0 Å². The standard InChI is InChI=1S/C8H6BNO2/c9-4-1-2-5-6(3-4)8(12)10-7(5)11/h1-3H,9H2,(H,10,11,12). The molecule has 1 heterocycles. The summed E-state index contributed by atoms with van der Waals surface area (Å²) < 4.78 is 0. The van der Waals surface area contributed by atoms with E-state index in [0.29, 0.717) is 11.1 Å². The van der Waals surface area contributed by atoms with Gasteiger partial charge in [-0.2, -0.15) is 0 Å². The van der Waals surface area contributed by atoms with Gasteiger partial charge in [-0.05, 0) is 6.07 Å². The van der Waals surface area contributed by atoms with E-state index in [1.54, 1.807) is 12.1 Å². The Hall–Kier alpha value is -1.58. The van der Waals surface area contributed by atoms with Crippen LogP contribution in [0.5, 0.6) is 0 Å². The molecule has 1 aromatic rings. The molecule has 1 N–H and O–H groups in total. The molecular weight excluding hydrogens is 153 g/mol. The first kappa shape index (κ1) is 7.09. The summed E-state index contributed by atoms with van der Waals surface area (Å²) in [4.78, 5) is 22.2. The molecule has 12 heavy (non-hydrogen) atoms. The highest BCUT2D eigenvalue weighted by Gasteiger charge is 2.25. The van der Waals surface area contributed by atoms with Gasteiger partial charge in [0.05, 0.1) is 11.1 Å². The van der Waals surface area contributed by atoms with Crippen LogP contribution >= 0.6 is 0 Å². The first-order valence-electron chi connectivity index (χ1n) is 3.65. The van der Waals surface area contributed by atoms with Crippen LogP contribution in [0.15, 0.2) is 18.2 Å². The topological polar surface area (TPSA) is 46.2 Å². The summed E-state index contributed by atoms with van der Waals surface area (Å²) in [5.41, 5.74) is 1.95. The number of rotatable bonds is 0. The van der Waals surface area contributed by atoms with Gasteiger partial charge in [0.1, 0.15) is 7.85 Å². The fourth-order valence-corrected chi connectivity index (χ4v) is 1.28. The summed E-state index contributed by atoms with van der Waals surface area (Å²) in [5, 5.41) is 2.23. The number of carbonyl (C=O) groups excluding carboxylic acids is 2. The van der Waals surface area contributed by atoms with Gasteiger partial charge in [0, 0.05) is 0 Å². The van der Waals surface area contributed by atoms with E-state index >= 15 is 0 Å². The Kier molecular flexibility index (Phi) is 1.30. The molecule has 1 aromatic carbocycles. The molecule has 0 saturated heterocycles. The van der Waals surface area contributed by atoms with Gasteiger partial charge in [-0.3, -0.25) is 14.9 Å². The van der Waals surface area contributed by atoms with E-state index in [-0.39, 0.29) is 11.8 Å². The number of hydrogen-bond acceptors (Lipinski definition) is 2. The zero-order valence-electron chi connectivity index (χ0n) is 6.55. The van der Waals surface area contributed by atoms with Gasteiger partial charge in [0.2, 0.25) is 0 Å². The summed E-state index contributed by atoms with van der Waals surface area (Å²) in [6, 6.07) is 5.21. The molecule has 0 spiro atoms. The second-order valence-electron chi connectivity index (χ2n) is 2.83. The maximum atomic E-state index is 11.1. The molecule has 2 amide bonds. The molecule has 4 heteroatoms. The molecule has 0 unspecified atom stereocenters. The lowest BCUT2D eigenvalue weighted by Crippen LogP contribution is -2.20. The highest BCUT2D eigenvalue weighted by molar-refractivity contribution is 6.34. The van der Waals surface area contributed by atoms with Crippen molar-refractivity contribution in [1.29, 1.82) is 0 Å². The summed E-state index contributed by atoms with van der Waals surface area (Å²) in [6.45, 7) is 0. The first-order valence-corrected chi connectivity index (χ1v) is 3.65. The maximum Gasteiger partial charge on any atom is 0.258 e. The van der Waals surface area contributed by atoms with E-state index < -0.39 is 0 Å². The average Bonchev–Trinajstić information content (AvgIpc) is 2.28. The lowest BCUT2D eigenvalue weighted by atomic mass is 9.93. The van der Waals surface area contributed by atoms with Crippen molar-refractivity contribution >= 4 is 25.1 Å². The zero-order chi connectivity index (χ0) is 8.72. The first-order chi connectivity index (χ1) is 5.68. The predicted octanol–water partition coefficient (Wildman–Crippen LogP) is -1.17. The summed E-state index contributed by atoms with van der Waals surface area (Å²) in [5.74, 6) is -0.589. The lowest BCUT2D eigenvalue weighted by molar-refractivity contribution is 0.0879. The van der Waals surface area contributed by atoms with E-state index in [2.05, 4.69) is 5.32 Å². The Bertz CT molecular complexity index is 387. The minimum atomic E-state index is -0.296. The molecule has 1 aliphatic rings. The van der Waals surface area contributed by atoms with Crippen LogP contribution in [0.25, 0.3) is 0 Å². The van der Waals surface area contributed by atoms with Crippen molar-refractivity contribution in [2.24, 2.45) is 0 Å². The molecule has 0 radical (unpaired) electrons. The monoisotopic (exact) mass is 159 g/mol. The minimum Gasteiger partial charge on any atom is -0.288 e. The number of carbonyl (C=O) groups is 2. The van der Waals surface area contributed by atoms with E-state index in [0.717, 1.165) is 5.46 Å². The van der Waals surface area contributed by atoms with Crippen molar-refractivity contribution in [1.82, 2.24) is 5.32 Å². The van der Waals surface area contributed by atoms with Crippen LogP contribution in [0.3, 0.4) is 0 Å². The molecule has 0 fully saturated rings. The van der Waals surface area contributed by atoms with Crippen molar-refractivity contribution in [2.45, 2.75) is 0 Å². The van der Waals surface area contributed by atoms with Gasteiger partial charge in [-0.25, -0.2) is 0 Å². The fourth-order valence-electron chi connectivity index (χ4n) is 1.28. The number of imide groups is 1. The number of hydrogen-bond donors (Lipinski definition) is 1. The normalized spacial score (nSPS) is 14.3. The van der Waals surface area contributed by atoms with Crippen molar-refractivity contribution in [3.05, 3.63) is 29.3 Å². The molecule has 1 aliphatic heterocycles. The molecule has 0 aliphatic carbocycles. The fraction of sp³-hybridized carbons (Fsp3) is 0. The van der Waals surface area contributed by atoms with Crippen LogP contribution in [0.2, 0.25) is 0 Å². The van der Waals surface area contributed by atoms with Crippen molar-refractivity contribution in [3.63, 3.8) is 0 Å². The smallest absolute Gasteiger partial charge is 0.258 e. The SMILES string of the molecule is Bc1ccc2c(c1)C(=O)NC2=O. The second kappa shape index (κ2) is 2.20. The van der Waals surface area contributed by atoms with Gasteiger partial charge in [-0.1, -0.05) is 17.6 Å². The number of benzene rings is 1. The molecule has 2 rings (SSSR count). The predicted molar refractivity (Wildman–Crippen MR) is 46.4 cm³/mol. The Morgan fingerprint density at radius 3 is 2.50 bits per heavy atom. The van der Waals surface area contributed by atoms with Crippen LogP contribution in [-0.4, -0.2) is 19.7 Å². The lowest BCUT2D eigenvalue weighted by Gasteiger charge is -1.94. The number of nitrogens with one attached hydrogen (secondary N) is 1. The maximum absolute atomic E-state index is 11.1. The average molecular weight is 159 g/mol.